The van der Waals surface area contributed by atoms with Gasteiger partial charge in [-0.25, -0.2) is 4.98 Å². The molecule has 5 heteroatoms. The summed E-state index contributed by atoms with van der Waals surface area (Å²) in [5.41, 5.74) is 7.10. The molecule has 1 aromatic carbocycles. The molecule has 0 aliphatic rings. The van der Waals surface area contributed by atoms with Gasteiger partial charge in [-0.1, -0.05) is 11.3 Å². The number of phenols is 1. The zero-order valence-corrected chi connectivity index (χ0v) is 8.68. The highest BCUT2D eigenvalue weighted by atomic mass is 32.1. The van der Waals surface area contributed by atoms with Crippen LogP contribution < -0.4 is 10.5 Å². The predicted molar refractivity (Wildman–Crippen MR) is 57.0 cm³/mol. The Morgan fingerprint density at radius 1 is 1.57 bits per heavy atom. The highest BCUT2D eigenvalue weighted by Crippen LogP contribution is 2.38. The summed E-state index contributed by atoms with van der Waals surface area (Å²) in [4.78, 5) is 4.15. The van der Waals surface area contributed by atoms with Crippen molar-refractivity contribution in [2.24, 2.45) is 0 Å². The minimum atomic E-state index is 0.206. The van der Waals surface area contributed by atoms with Crippen molar-refractivity contribution in [3.8, 4) is 11.5 Å². The van der Waals surface area contributed by atoms with E-state index in [-0.39, 0.29) is 5.75 Å². The van der Waals surface area contributed by atoms with E-state index in [4.69, 9.17) is 10.5 Å². The van der Waals surface area contributed by atoms with Crippen molar-refractivity contribution in [1.29, 1.82) is 0 Å². The van der Waals surface area contributed by atoms with Crippen LogP contribution in [0.1, 0.15) is 5.56 Å². The van der Waals surface area contributed by atoms with Crippen LogP contribution >= 0.6 is 11.3 Å². The van der Waals surface area contributed by atoms with Crippen LogP contribution in [0.2, 0.25) is 0 Å². The molecule has 1 aromatic heterocycles. The number of methoxy groups -OCH3 is 1. The van der Waals surface area contributed by atoms with Gasteiger partial charge in [0.2, 0.25) is 0 Å². The molecule has 14 heavy (non-hydrogen) atoms. The SMILES string of the molecule is COc1cc(O)c(C)c2sc(N)nc12. The molecule has 0 spiro atoms. The zero-order chi connectivity index (χ0) is 10.3. The molecule has 4 nitrogen and oxygen atoms in total. The molecule has 0 saturated heterocycles. The highest BCUT2D eigenvalue weighted by Gasteiger charge is 2.13. The quantitative estimate of drug-likeness (QED) is 0.754. The van der Waals surface area contributed by atoms with Gasteiger partial charge in [0.25, 0.3) is 0 Å². The monoisotopic (exact) mass is 210 g/mol. The molecule has 0 radical (unpaired) electrons. The second-order valence-corrected chi connectivity index (χ2v) is 3.98. The predicted octanol–water partition coefficient (Wildman–Crippen LogP) is 1.90. The number of nitrogen functional groups attached to an aromatic ring is 1. The lowest BCUT2D eigenvalue weighted by Crippen LogP contribution is -1.87. The summed E-state index contributed by atoms with van der Waals surface area (Å²) in [7, 11) is 1.54. The van der Waals surface area contributed by atoms with Crippen molar-refractivity contribution < 1.29 is 9.84 Å². The fourth-order valence-corrected chi connectivity index (χ4v) is 2.18. The first-order chi connectivity index (χ1) is 6.63. The van der Waals surface area contributed by atoms with Gasteiger partial charge in [-0.3, -0.25) is 0 Å². The second kappa shape index (κ2) is 3.02. The average molecular weight is 210 g/mol. The molecule has 0 amide bonds. The second-order valence-electron chi connectivity index (χ2n) is 2.95. The van der Waals surface area contributed by atoms with Crippen LogP contribution in [0.5, 0.6) is 11.5 Å². The first-order valence-electron chi connectivity index (χ1n) is 4.06. The first kappa shape index (κ1) is 9.08. The van der Waals surface area contributed by atoms with Gasteiger partial charge in [-0.15, -0.1) is 0 Å². The summed E-state index contributed by atoms with van der Waals surface area (Å²) >= 11 is 1.35. The van der Waals surface area contributed by atoms with Gasteiger partial charge >= 0.3 is 0 Å². The Hall–Kier alpha value is -1.49. The molecule has 1 heterocycles. The Morgan fingerprint density at radius 2 is 2.29 bits per heavy atom. The fraction of sp³-hybridized carbons (Fsp3) is 0.222. The van der Waals surface area contributed by atoms with Crippen molar-refractivity contribution in [1.82, 2.24) is 4.98 Å². The van der Waals surface area contributed by atoms with Gasteiger partial charge < -0.3 is 15.6 Å². The van der Waals surface area contributed by atoms with Gasteiger partial charge in [-0.2, -0.15) is 0 Å². The molecule has 3 N–H and O–H groups in total. The van der Waals surface area contributed by atoms with Crippen LogP contribution in [-0.4, -0.2) is 17.2 Å². The van der Waals surface area contributed by atoms with Crippen LogP contribution in [0.25, 0.3) is 10.2 Å². The van der Waals surface area contributed by atoms with Gasteiger partial charge in [0.1, 0.15) is 17.0 Å². The number of aromatic nitrogens is 1. The molecular weight excluding hydrogens is 200 g/mol. The Balaban J connectivity index is 2.88. The number of nitrogens with two attached hydrogens (primary N) is 1. The lowest BCUT2D eigenvalue weighted by atomic mass is 10.2. The minimum Gasteiger partial charge on any atom is -0.507 e. The molecule has 74 valence electrons. The molecule has 0 atom stereocenters. The van der Waals surface area contributed by atoms with Crippen LogP contribution in [0.3, 0.4) is 0 Å². The van der Waals surface area contributed by atoms with E-state index in [1.54, 1.807) is 13.2 Å². The summed E-state index contributed by atoms with van der Waals surface area (Å²) in [5.74, 6) is 0.758. The molecule has 2 rings (SSSR count). The molecule has 0 aliphatic carbocycles. The molecule has 0 bridgehead atoms. The summed E-state index contributed by atoms with van der Waals surface area (Å²) in [6, 6.07) is 1.55. The zero-order valence-electron chi connectivity index (χ0n) is 7.87. The number of ether oxygens (including phenoxy) is 1. The van der Waals surface area contributed by atoms with E-state index >= 15 is 0 Å². The number of nitrogens with zero attached hydrogens (tertiary/aromatic N) is 1. The summed E-state index contributed by atoms with van der Waals surface area (Å²) in [5, 5.41) is 10.1. The Morgan fingerprint density at radius 3 is 2.93 bits per heavy atom. The van der Waals surface area contributed by atoms with Crippen molar-refractivity contribution in [3.63, 3.8) is 0 Å². The lowest BCUT2D eigenvalue weighted by molar-refractivity contribution is 0.411. The third-order valence-corrected chi connectivity index (χ3v) is 3.09. The van der Waals surface area contributed by atoms with Crippen LogP contribution in [-0.2, 0) is 0 Å². The van der Waals surface area contributed by atoms with Crippen LogP contribution in [0.15, 0.2) is 6.07 Å². The van der Waals surface area contributed by atoms with E-state index in [9.17, 15) is 5.11 Å². The number of fused-ring (bicyclic) bond motifs is 1. The summed E-state index contributed by atoms with van der Waals surface area (Å²) in [6.07, 6.45) is 0. The number of rotatable bonds is 1. The number of anilines is 1. The topological polar surface area (TPSA) is 68.4 Å². The largest absolute Gasteiger partial charge is 0.507 e. The van der Waals surface area contributed by atoms with Gasteiger partial charge in [0, 0.05) is 11.6 Å². The Kier molecular flexibility index (Phi) is 1.96. The number of hydrogen-bond donors (Lipinski definition) is 2. The number of thiazole rings is 1. The van der Waals surface area contributed by atoms with E-state index in [1.807, 2.05) is 6.92 Å². The fourth-order valence-electron chi connectivity index (χ4n) is 1.33. The smallest absolute Gasteiger partial charge is 0.181 e. The van der Waals surface area contributed by atoms with Gasteiger partial charge in [-0.05, 0) is 6.92 Å². The van der Waals surface area contributed by atoms with Crippen LogP contribution in [0, 0.1) is 6.92 Å². The number of aromatic hydroxyl groups is 1. The van der Waals surface area contributed by atoms with Crippen LogP contribution in [0.4, 0.5) is 5.13 Å². The molecule has 0 fully saturated rings. The third-order valence-electron chi connectivity index (χ3n) is 2.09. The standard InChI is InChI=1S/C9H10N2O2S/c1-4-5(12)3-6(13-2)7-8(4)14-9(10)11-7/h3,12H,1-2H3,(H2,10,11). The van der Waals surface area contributed by atoms with Crippen molar-refractivity contribution in [2.45, 2.75) is 6.92 Å². The van der Waals surface area contributed by atoms with Crippen molar-refractivity contribution >= 4 is 26.7 Å². The van der Waals surface area contributed by atoms with E-state index < -0.39 is 0 Å². The van der Waals surface area contributed by atoms with E-state index in [0.717, 1.165) is 10.3 Å². The van der Waals surface area contributed by atoms with E-state index in [0.29, 0.717) is 16.4 Å². The number of benzene rings is 1. The molecule has 0 saturated carbocycles. The van der Waals surface area contributed by atoms with Gasteiger partial charge in [0.15, 0.2) is 5.13 Å². The third kappa shape index (κ3) is 1.17. The number of hydrogen-bond acceptors (Lipinski definition) is 5. The maximum atomic E-state index is 9.60. The highest BCUT2D eigenvalue weighted by molar-refractivity contribution is 7.22. The Labute approximate surface area is 85.0 Å². The van der Waals surface area contributed by atoms with Crippen molar-refractivity contribution in [2.75, 3.05) is 12.8 Å². The average Bonchev–Trinajstić information content (AvgIpc) is 2.54. The maximum absolute atomic E-state index is 9.60. The Bertz CT molecular complexity index is 493. The maximum Gasteiger partial charge on any atom is 0.181 e. The molecule has 2 aromatic rings. The first-order valence-corrected chi connectivity index (χ1v) is 4.87. The number of aryl methyl sites for hydroxylation is 1. The molecular formula is C9H10N2O2S. The minimum absolute atomic E-state index is 0.206. The molecule has 0 unspecified atom stereocenters. The van der Waals surface area contributed by atoms with Crippen molar-refractivity contribution in [3.05, 3.63) is 11.6 Å². The summed E-state index contributed by atoms with van der Waals surface area (Å²) < 4.78 is 5.98. The lowest BCUT2D eigenvalue weighted by Gasteiger charge is -2.04. The normalized spacial score (nSPS) is 10.7. The van der Waals surface area contributed by atoms with E-state index in [2.05, 4.69) is 4.98 Å². The number of phenolic OH excluding ortho intramolecular Hbond substituents is 1. The molecule has 0 aliphatic heterocycles. The summed E-state index contributed by atoms with van der Waals surface area (Å²) in [6.45, 7) is 1.83. The van der Waals surface area contributed by atoms with E-state index in [1.165, 1.54) is 11.3 Å². The van der Waals surface area contributed by atoms with Gasteiger partial charge in [0.05, 0.1) is 11.8 Å².